The van der Waals surface area contributed by atoms with Crippen molar-refractivity contribution in [3.63, 3.8) is 0 Å². The Kier molecular flexibility index (Phi) is 13.0. The largest absolute Gasteiger partial charge is 0.509 e. The normalized spacial score (nSPS) is 13.9. The van der Waals surface area contributed by atoms with Gasteiger partial charge in [0.2, 0.25) is 0 Å². The van der Waals surface area contributed by atoms with Crippen molar-refractivity contribution in [2.45, 2.75) is 84.0 Å². The van der Waals surface area contributed by atoms with Gasteiger partial charge in [0.1, 0.15) is 17.3 Å². The van der Waals surface area contributed by atoms with Gasteiger partial charge in [0.25, 0.3) is 0 Å². The first-order valence-corrected chi connectivity index (χ1v) is 29.6. The van der Waals surface area contributed by atoms with Crippen molar-refractivity contribution in [1.82, 2.24) is 9.55 Å². The number of pyridine rings is 1. The molecule has 3 aliphatic rings. The van der Waals surface area contributed by atoms with Crippen LogP contribution < -0.4 is 19.3 Å². The number of hydrogen-bond donors (Lipinski definition) is 0. The number of hydrogen-bond acceptors (Lipinski definition) is 5. The minimum Gasteiger partial charge on any atom is -0.509 e. The van der Waals surface area contributed by atoms with Crippen molar-refractivity contribution >= 4 is 44.6 Å². The van der Waals surface area contributed by atoms with Crippen molar-refractivity contribution in [1.29, 1.82) is 0 Å². The van der Waals surface area contributed by atoms with Gasteiger partial charge >= 0.3 is 0 Å². The van der Waals surface area contributed by atoms with Crippen LogP contribution in [0.25, 0.3) is 61.0 Å². The van der Waals surface area contributed by atoms with E-state index >= 15 is 0 Å². The molecule has 86 heavy (non-hydrogen) atoms. The summed E-state index contributed by atoms with van der Waals surface area (Å²) in [7, 11) is 0. The first-order chi connectivity index (χ1) is 41.0. The zero-order valence-corrected chi connectivity index (χ0v) is 52.1. The molecule has 0 N–H and O–H groups in total. The van der Waals surface area contributed by atoms with Crippen LogP contribution in [-0.4, -0.2) is 9.55 Å². The van der Waals surface area contributed by atoms with E-state index < -0.39 is 5.41 Å². The molecule has 6 nitrogen and oxygen atoms in total. The molecular formula is C79H65N4O2Pt-3. The molecule has 0 bridgehead atoms. The third-order valence-electron chi connectivity index (χ3n) is 17.7. The number of fused-ring (bicyclic) bond motifs is 13. The maximum absolute atomic E-state index is 6.84. The van der Waals surface area contributed by atoms with Gasteiger partial charge in [-0.25, -0.2) is 4.98 Å². The fourth-order valence-electron chi connectivity index (χ4n) is 13.4. The Labute approximate surface area is 519 Å². The molecule has 4 heterocycles. The summed E-state index contributed by atoms with van der Waals surface area (Å²) in [5.41, 5.74) is 20.6. The van der Waals surface area contributed by atoms with Crippen molar-refractivity contribution in [2.75, 3.05) is 9.80 Å². The van der Waals surface area contributed by atoms with E-state index in [2.05, 4.69) is 302 Å². The Hall–Kier alpha value is -8.96. The number of aromatic nitrogens is 2. The second kappa shape index (κ2) is 20.4. The predicted molar refractivity (Wildman–Crippen MR) is 349 cm³/mol. The third kappa shape index (κ3) is 8.73. The molecule has 0 saturated heterocycles. The zero-order valence-electron chi connectivity index (χ0n) is 49.9. The molecule has 0 unspecified atom stereocenters. The van der Waals surface area contributed by atoms with Crippen LogP contribution in [0, 0.1) is 18.8 Å². The van der Waals surface area contributed by atoms with Crippen LogP contribution in [0.5, 0.6) is 23.0 Å². The molecule has 1 aliphatic carbocycles. The van der Waals surface area contributed by atoms with E-state index in [0.29, 0.717) is 11.5 Å². The van der Waals surface area contributed by atoms with Gasteiger partial charge in [0.15, 0.2) is 0 Å². The van der Waals surface area contributed by atoms with E-state index in [0.717, 1.165) is 89.7 Å². The Balaban J connectivity index is 0.00000653. The van der Waals surface area contributed by atoms with E-state index in [1.54, 1.807) is 0 Å². The number of para-hydroxylation sites is 6. The van der Waals surface area contributed by atoms with Crippen molar-refractivity contribution in [3.05, 3.63) is 282 Å². The van der Waals surface area contributed by atoms with E-state index in [4.69, 9.17) is 14.5 Å². The topological polar surface area (TPSA) is 42.8 Å². The Morgan fingerprint density at radius 2 is 1.03 bits per heavy atom. The number of benzene rings is 10. The molecule has 0 atom stereocenters. The van der Waals surface area contributed by atoms with E-state index in [1.807, 2.05) is 18.3 Å². The maximum atomic E-state index is 6.84. The Morgan fingerprint density at radius 3 is 1.76 bits per heavy atom. The molecule has 0 saturated carbocycles. The summed E-state index contributed by atoms with van der Waals surface area (Å²) in [6, 6.07) is 86.6. The molecule has 10 aromatic carbocycles. The van der Waals surface area contributed by atoms with Crippen LogP contribution in [0.3, 0.4) is 0 Å². The van der Waals surface area contributed by atoms with Crippen LogP contribution in [-0.2, 0) is 42.7 Å². The maximum Gasteiger partial charge on any atom is 0.135 e. The van der Waals surface area contributed by atoms with Crippen LogP contribution in [0.15, 0.2) is 225 Å². The van der Waals surface area contributed by atoms with Crippen molar-refractivity contribution < 1.29 is 30.5 Å². The van der Waals surface area contributed by atoms with Gasteiger partial charge in [-0.3, -0.25) is 0 Å². The smallest absolute Gasteiger partial charge is 0.135 e. The van der Waals surface area contributed by atoms with Crippen LogP contribution in [0.4, 0.5) is 22.7 Å². The summed E-state index contributed by atoms with van der Waals surface area (Å²) in [6.45, 7) is 22.9. The van der Waals surface area contributed by atoms with Crippen LogP contribution >= 0.6 is 0 Å². The van der Waals surface area contributed by atoms with E-state index in [9.17, 15) is 0 Å². The van der Waals surface area contributed by atoms with Crippen LogP contribution in [0.1, 0.15) is 101 Å². The predicted octanol–water partition coefficient (Wildman–Crippen LogP) is 20.7. The Bertz CT molecular complexity index is 4610. The summed E-state index contributed by atoms with van der Waals surface area (Å²) < 4.78 is 15.8. The van der Waals surface area contributed by atoms with Gasteiger partial charge in [-0.05, 0) is 114 Å². The molecule has 12 aromatic rings. The Morgan fingerprint density at radius 1 is 0.465 bits per heavy atom. The first-order valence-electron chi connectivity index (χ1n) is 29.6. The summed E-state index contributed by atoms with van der Waals surface area (Å²) in [6.07, 6.45) is 1.91. The van der Waals surface area contributed by atoms with E-state index in [-0.39, 0.29) is 37.3 Å². The first kappa shape index (κ1) is 54.9. The average molecular weight is 1300 g/mol. The monoisotopic (exact) mass is 1300 g/mol. The molecule has 2 aliphatic heterocycles. The average Bonchev–Trinajstić information content (AvgIpc) is 1.48. The fraction of sp³-hybridized carbons (Fsp3) is 0.165. The number of anilines is 4. The second-order valence-electron chi connectivity index (χ2n) is 26.1. The van der Waals surface area contributed by atoms with Crippen molar-refractivity contribution in [2.24, 2.45) is 0 Å². The third-order valence-corrected chi connectivity index (χ3v) is 17.7. The number of nitrogens with zero attached hydrogens (tertiary/aromatic N) is 4. The molecule has 7 heteroatoms. The molecule has 426 valence electrons. The SMILES string of the molecule is CC(C)(C)c1cc(-c2cccc(-c3cccc4c3-c3ccccc3C43c4ccccc4Oc4ccccc43)c2N2[CH-]N(c3[c-]c(Oc4[c-]c5c(cc4)c4ccccc4n5-c4cc(C(C)(C)C)ccn4)ccc3)c3ccccc32)cc(C(C)(C)C)c1.[Pt]. The molecule has 1 spiro atoms. The zero-order chi connectivity index (χ0) is 58.1. The van der Waals surface area contributed by atoms with E-state index in [1.165, 1.54) is 44.5 Å². The van der Waals surface area contributed by atoms with Gasteiger partial charge in [-0.2, -0.15) is 12.1 Å². The molecule has 2 aromatic heterocycles. The summed E-state index contributed by atoms with van der Waals surface area (Å²) in [5, 5.41) is 2.21. The second-order valence-corrected chi connectivity index (χ2v) is 26.1. The van der Waals surface area contributed by atoms with Crippen molar-refractivity contribution in [3.8, 4) is 62.2 Å². The molecule has 0 fully saturated rings. The van der Waals surface area contributed by atoms with Crippen LogP contribution in [0.2, 0.25) is 0 Å². The fourth-order valence-corrected chi connectivity index (χ4v) is 13.4. The molecule has 0 radical (unpaired) electrons. The summed E-state index contributed by atoms with van der Waals surface area (Å²) >= 11 is 0. The standard InChI is InChI=1S/C79H65N4O2.Pt/c1-76(2,3)51-41-42-80-73(46-51)83-67-34-15-11-25-58(67)59-40-39-56(48-70(59)83)84-55-24-20-23-54(47-55)81-49-82(69-36-17-16-35-68(69)81)75-57(50-43-52(77(4,5)6)45-53(44-50)78(7,8)9)27-21-29-61(75)60-28-22-33-66-74(60)62-26-10-12-30-63(62)79(66)64-31-13-18-37-71(64)85-72-38-19-14-32-65(72)79;/h10-46,49H,1-9H3;/q-3;. The van der Waals surface area contributed by atoms with Gasteiger partial charge in [-0.15, -0.1) is 48.1 Å². The number of rotatable bonds is 7. The quantitative estimate of drug-likeness (QED) is 0.149. The van der Waals surface area contributed by atoms with Gasteiger partial charge in [-0.1, -0.05) is 213 Å². The molecule has 0 amide bonds. The molecule has 15 rings (SSSR count). The minimum absolute atomic E-state index is 0. The molecular weight excluding hydrogens is 1230 g/mol. The minimum atomic E-state index is -0.628. The van der Waals surface area contributed by atoms with Gasteiger partial charge < -0.3 is 23.8 Å². The number of ether oxygens (including phenoxy) is 2. The summed E-state index contributed by atoms with van der Waals surface area (Å²) in [5.74, 6) is 3.75. The van der Waals surface area contributed by atoms with Gasteiger partial charge in [0.05, 0.1) is 5.41 Å². The van der Waals surface area contributed by atoms with Gasteiger partial charge in [0, 0.05) is 83.6 Å². The summed E-state index contributed by atoms with van der Waals surface area (Å²) in [4.78, 5) is 9.59.